The highest BCUT2D eigenvalue weighted by Crippen LogP contribution is 2.19. The van der Waals surface area contributed by atoms with Gasteiger partial charge in [-0.3, -0.25) is 9.59 Å². The quantitative estimate of drug-likeness (QED) is 0.812. The smallest absolute Gasteiger partial charge is 0.246 e. The molecule has 5 heteroatoms. The van der Waals surface area contributed by atoms with E-state index in [1.165, 1.54) is 0 Å². The first-order chi connectivity index (χ1) is 10.7. The highest BCUT2D eigenvalue weighted by Gasteiger charge is 2.26. The molecule has 112 valence electrons. The fraction of sp³-hybridized carbons (Fsp3) is 0.176. The first-order valence-electron chi connectivity index (χ1n) is 7.23. The molecule has 0 spiro atoms. The lowest BCUT2D eigenvalue weighted by atomic mass is 10.2. The Bertz CT molecular complexity index is 668. The van der Waals surface area contributed by atoms with Crippen LogP contribution in [-0.4, -0.2) is 17.9 Å². The van der Waals surface area contributed by atoms with Crippen molar-refractivity contribution in [2.24, 2.45) is 0 Å². The summed E-state index contributed by atoms with van der Waals surface area (Å²) in [6.45, 7) is 0. The van der Waals surface area contributed by atoms with E-state index in [0.29, 0.717) is 18.5 Å². The summed E-state index contributed by atoms with van der Waals surface area (Å²) in [4.78, 5) is 23.1. The van der Waals surface area contributed by atoms with Crippen molar-refractivity contribution in [3.05, 3.63) is 54.6 Å². The SMILES string of the molecule is O=C1CC[C@@H](C(=O)Nc2ccc(Nc3ccccc3)cc2)N1. The van der Waals surface area contributed by atoms with E-state index in [1.54, 1.807) is 0 Å². The number of para-hydroxylation sites is 1. The van der Waals surface area contributed by atoms with E-state index in [2.05, 4.69) is 16.0 Å². The summed E-state index contributed by atoms with van der Waals surface area (Å²) in [5.41, 5.74) is 2.66. The Morgan fingerprint density at radius 1 is 0.955 bits per heavy atom. The predicted molar refractivity (Wildman–Crippen MR) is 86.0 cm³/mol. The topological polar surface area (TPSA) is 70.2 Å². The third kappa shape index (κ3) is 3.44. The molecule has 5 nitrogen and oxygen atoms in total. The number of rotatable bonds is 4. The molecule has 3 rings (SSSR count). The molecule has 0 unspecified atom stereocenters. The van der Waals surface area contributed by atoms with Crippen LogP contribution in [0.2, 0.25) is 0 Å². The van der Waals surface area contributed by atoms with Crippen LogP contribution in [0.1, 0.15) is 12.8 Å². The van der Waals surface area contributed by atoms with Gasteiger partial charge in [-0.2, -0.15) is 0 Å². The van der Waals surface area contributed by atoms with Gasteiger partial charge < -0.3 is 16.0 Å². The molecule has 0 bridgehead atoms. The maximum Gasteiger partial charge on any atom is 0.246 e. The van der Waals surface area contributed by atoms with Crippen molar-refractivity contribution in [3.8, 4) is 0 Å². The van der Waals surface area contributed by atoms with Gasteiger partial charge in [0.05, 0.1) is 0 Å². The number of hydrogen-bond acceptors (Lipinski definition) is 3. The minimum absolute atomic E-state index is 0.0671. The second-order valence-electron chi connectivity index (χ2n) is 5.22. The van der Waals surface area contributed by atoms with Crippen molar-refractivity contribution in [2.75, 3.05) is 10.6 Å². The van der Waals surface area contributed by atoms with Crippen LogP contribution in [0.15, 0.2) is 54.6 Å². The lowest BCUT2D eigenvalue weighted by molar-refractivity contribution is -0.122. The molecule has 1 heterocycles. The molecule has 2 aromatic rings. The van der Waals surface area contributed by atoms with Crippen LogP contribution in [0, 0.1) is 0 Å². The van der Waals surface area contributed by atoms with Crippen LogP contribution in [0.3, 0.4) is 0 Å². The summed E-state index contributed by atoms with van der Waals surface area (Å²) < 4.78 is 0. The van der Waals surface area contributed by atoms with E-state index >= 15 is 0 Å². The minimum Gasteiger partial charge on any atom is -0.356 e. The fourth-order valence-corrected chi connectivity index (χ4v) is 2.37. The third-order valence-corrected chi connectivity index (χ3v) is 3.53. The van der Waals surface area contributed by atoms with Crippen molar-refractivity contribution >= 4 is 28.9 Å². The van der Waals surface area contributed by atoms with Crippen LogP contribution in [0.25, 0.3) is 0 Å². The van der Waals surface area contributed by atoms with E-state index in [-0.39, 0.29) is 11.8 Å². The van der Waals surface area contributed by atoms with Crippen molar-refractivity contribution in [1.29, 1.82) is 0 Å². The van der Waals surface area contributed by atoms with Gasteiger partial charge in [0.15, 0.2) is 0 Å². The molecule has 22 heavy (non-hydrogen) atoms. The average Bonchev–Trinajstić information content (AvgIpc) is 2.97. The number of benzene rings is 2. The van der Waals surface area contributed by atoms with E-state index in [0.717, 1.165) is 11.4 Å². The highest BCUT2D eigenvalue weighted by molar-refractivity contribution is 5.99. The number of hydrogen-bond donors (Lipinski definition) is 3. The Balaban J connectivity index is 1.59. The average molecular weight is 295 g/mol. The Hall–Kier alpha value is -2.82. The summed E-state index contributed by atoms with van der Waals surface area (Å²) in [6.07, 6.45) is 0.969. The number of nitrogens with one attached hydrogen (secondary N) is 3. The van der Waals surface area contributed by atoms with Crippen LogP contribution in [0.4, 0.5) is 17.1 Å². The lowest BCUT2D eigenvalue weighted by Gasteiger charge is -2.12. The van der Waals surface area contributed by atoms with Gasteiger partial charge in [-0.05, 0) is 42.8 Å². The third-order valence-electron chi connectivity index (χ3n) is 3.53. The molecule has 2 amide bonds. The number of amides is 2. The van der Waals surface area contributed by atoms with Crippen LogP contribution < -0.4 is 16.0 Å². The van der Waals surface area contributed by atoms with Crippen LogP contribution in [-0.2, 0) is 9.59 Å². The second-order valence-corrected chi connectivity index (χ2v) is 5.22. The van der Waals surface area contributed by atoms with Crippen LogP contribution >= 0.6 is 0 Å². The number of carbonyl (C=O) groups is 2. The zero-order chi connectivity index (χ0) is 15.4. The van der Waals surface area contributed by atoms with Gasteiger partial charge in [0, 0.05) is 23.5 Å². The molecule has 0 aromatic heterocycles. The summed E-state index contributed by atoms with van der Waals surface area (Å²) in [6, 6.07) is 16.9. The maximum absolute atomic E-state index is 12.0. The Labute approximate surface area is 128 Å². The van der Waals surface area contributed by atoms with Gasteiger partial charge in [0.2, 0.25) is 11.8 Å². The summed E-state index contributed by atoms with van der Waals surface area (Å²) in [5.74, 6) is -0.239. The van der Waals surface area contributed by atoms with Gasteiger partial charge in [0.25, 0.3) is 0 Å². The zero-order valence-corrected chi connectivity index (χ0v) is 12.0. The van der Waals surface area contributed by atoms with Gasteiger partial charge in [-0.25, -0.2) is 0 Å². The first kappa shape index (κ1) is 14.1. The van der Waals surface area contributed by atoms with Gasteiger partial charge >= 0.3 is 0 Å². The molecule has 1 atom stereocenters. The van der Waals surface area contributed by atoms with Crippen LogP contribution in [0.5, 0.6) is 0 Å². The fourth-order valence-electron chi connectivity index (χ4n) is 2.37. The molecule has 0 radical (unpaired) electrons. The van der Waals surface area contributed by atoms with E-state index in [9.17, 15) is 9.59 Å². The Morgan fingerprint density at radius 3 is 2.23 bits per heavy atom. The highest BCUT2D eigenvalue weighted by atomic mass is 16.2. The summed E-state index contributed by atoms with van der Waals surface area (Å²) in [7, 11) is 0. The normalized spacial score (nSPS) is 16.9. The molecular formula is C17H17N3O2. The Kier molecular flexibility index (Phi) is 4.05. The molecule has 2 aromatic carbocycles. The van der Waals surface area contributed by atoms with Crippen molar-refractivity contribution in [2.45, 2.75) is 18.9 Å². The maximum atomic E-state index is 12.0. The molecule has 1 aliphatic rings. The zero-order valence-electron chi connectivity index (χ0n) is 12.0. The summed E-state index contributed by atoms with van der Waals surface area (Å²) >= 11 is 0. The molecule has 1 saturated heterocycles. The molecule has 3 N–H and O–H groups in total. The number of anilines is 3. The number of carbonyl (C=O) groups excluding carboxylic acids is 2. The molecule has 0 aliphatic carbocycles. The minimum atomic E-state index is -0.422. The molecular weight excluding hydrogens is 278 g/mol. The van der Waals surface area contributed by atoms with E-state index in [4.69, 9.17) is 0 Å². The van der Waals surface area contributed by atoms with Crippen molar-refractivity contribution < 1.29 is 9.59 Å². The molecule has 1 fully saturated rings. The monoisotopic (exact) mass is 295 g/mol. The van der Waals surface area contributed by atoms with Gasteiger partial charge in [-0.15, -0.1) is 0 Å². The predicted octanol–water partition coefficient (Wildman–Crippen LogP) is 2.65. The summed E-state index contributed by atoms with van der Waals surface area (Å²) in [5, 5.41) is 8.74. The first-order valence-corrected chi connectivity index (χ1v) is 7.23. The Morgan fingerprint density at radius 2 is 1.59 bits per heavy atom. The van der Waals surface area contributed by atoms with Gasteiger partial charge in [-0.1, -0.05) is 18.2 Å². The van der Waals surface area contributed by atoms with Crippen molar-refractivity contribution in [3.63, 3.8) is 0 Å². The largest absolute Gasteiger partial charge is 0.356 e. The molecule has 0 saturated carbocycles. The molecule has 1 aliphatic heterocycles. The van der Waals surface area contributed by atoms with E-state index < -0.39 is 6.04 Å². The standard InChI is InChI=1S/C17H17N3O2/c21-16-11-10-15(20-16)17(22)19-14-8-6-13(7-9-14)18-12-4-2-1-3-5-12/h1-9,15,18H,10-11H2,(H,19,22)(H,20,21)/t15-/m0/s1. The lowest BCUT2D eigenvalue weighted by Crippen LogP contribution is -2.37. The van der Waals surface area contributed by atoms with Gasteiger partial charge in [0.1, 0.15) is 6.04 Å². The second kappa shape index (κ2) is 6.30. The van der Waals surface area contributed by atoms with Crippen molar-refractivity contribution in [1.82, 2.24) is 5.32 Å². The van der Waals surface area contributed by atoms with E-state index in [1.807, 2.05) is 54.6 Å².